The number of hydrogen-bond donors (Lipinski definition) is 1. The van der Waals surface area contributed by atoms with E-state index < -0.39 is 6.43 Å². The molecule has 4 heteroatoms. The molecule has 1 fully saturated rings. The third-order valence-electron chi connectivity index (χ3n) is 2.53. The van der Waals surface area contributed by atoms with Gasteiger partial charge >= 0.3 is 0 Å². The molecule has 1 heterocycles. The summed E-state index contributed by atoms with van der Waals surface area (Å²) in [5, 5.41) is 3.27. The molecule has 0 amide bonds. The molecule has 0 aliphatic carbocycles. The van der Waals surface area contributed by atoms with E-state index in [0.717, 1.165) is 26.1 Å². The number of hydrogen-bond acceptors (Lipinski definition) is 2. The van der Waals surface area contributed by atoms with Gasteiger partial charge in [0.1, 0.15) is 0 Å². The summed E-state index contributed by atoms with van der Waals surface area (Å²) in [6.45, 7) is 2.84. The summed E-state index contributed by atoms with van der Waals surface area (Å²) >= 11 is 0. The summed E-state index contributed by atoms with van der Waals surface area (Å²) in [6.07, 6.45) is 0.0327. The smallest absolute Gasteiger partial charge is 0.251 e. The highest BCUT2D eigenvalue weighted by Crippen LogP contribution is 2.12. The fraction of sp³-hybridized carbons (Fsp3) is 1.00. The lowest BCUT2D eigenvalue weighted by molar-refractivity contribution is 0.0980. The molecule has 13 heavy (non-hydrogen) atoms. The molecule has 1 aliphatic rings. The van der Waals surface area contributed by atoms with Crippen molar-refractivity contribution in [3.05, 3.63) is 0 Å². The Morgan fingerprint density at radius 3 is 2.85 bits per heavy atom. The van der Waals surface area contributed by atoms with Crippen LogP contribution in [0.15, 0.2) is 0 Å². The topological polar surface area (TPSA) is 15.3 Å². The quantitative estimate of drug-likeness (QED) is 0.703. The summed E-state index contributed by atoms with van der Waals surface area (Å²) in [5.74, 6) is 0.695. The Morgan fingerprint density at radius 2 is 2.31 bits per heavy atom. The van der Waals surface area contributed by atoms with Crippen LogP contribution in [0.1, 0.15) is 12.8 Å². The molecule has 0 aromatic rings. The van der Waals surface area contributed by atoms with Crippen molar-refractivity contribution in [2.45, 2.75) is 19.3 Å². The maximum absolute atomic E-state index is 11.9. The highest BCUT2D eigenvalue weighted by atomic mass is 19.3. The molecule has 2 nitrogen and oxygen atoms in total. The van der Waals surface area contributed by atoms with Crippen LogP contribution in [0.5, 0.6) is 0 Å². The zero-order valence-electron chi connectivity index (χ0n) is 8.10. The van der Waals surface area contributed by atoms with E-state index in [1.807, 2.05) is 0 Å². The second-order valence-corrected chi connectivity index (χ2v) is 3.80. The van der Waals surface area contributed by atoms with Gasteiger partial charge in [0.05, 0.1) is 6.54 Å². The van der Waals surface area contributed by atoms with E-state index in [9.17, 15) is 8.78 Å². The Hall–Kier alpha value is -0.220. The second-order valence-electron chi connectivity index (χ2n) is 3.80. The SMILES string of the molecule is CN(CCC1CCNC1)CC(F)F. The van der Waals surface area contributed by atoms with E-state index in [4.69, 9.17) is 0 Å². The maximum atomic E-state index is 11.9. The van der Waals surface area contributed by atoms with Crippen LogP contribution in [0.3, 0.4) is 0 Å². The molecule has 1 N–H and O–H groups in total. The van der Waals surface area contributed by atoms with Crippen LogP contribution < -0.4 is 5.32 Å². The second kappa shape index (κ2) is 5.50. The van der Waals surface area contributed by atoms with Crippen LogP contribution in [-0.2, 0) is 0 Å². The summed E-state index contributed by atoms with van der Waals surface area (Å²) in [5.41, 5.74) is 0. The van der Waals surface area contributed by atoms with E-state index in [-0.39, 0.29) is 6.54 Å². The molecule has 0 spiro atoms. The first-order valence-corrected chi connectivity index (χ1v) is 4.86. The first-order valence-electron chi connectivity index (χ1n) is 4.86. The van der Waals surface area contributed by atoms with Crippen LogP contribution in [0.4, 0.5) is 8.78 Å². The number of alkyl halides is 2. The highest BCUT2D eigenvalue weighted by Gasteiger charge is 2.15. The minimum absolute atomic E-state index is 0.0971. The highest BCUT2D eigenvalue weighted by molar-refractivity contribution is 4.72. The molecule has 1 unspecified atom stereocenters. The molecule has 0 radical (unpaired) electrons. The number of halogens is 2. The van der Waals surface area contributed by atoms with E-state index in [0.29, 0.717) is 5.92 Å². The van der Waals surface area contributed by atoms with Gasteiger partial charge in [-0.15, -0.1) is 0 Å². The van der Waals surface area contributed by atoms with Gasteiger partial charge in [-0.3, -0.25) is 0 Å². The van der Waals surface area contributed by atoms with Crippen molar-refractivity contribution in [3.8, 4) is 0 Å². The molecule has 1 aliphatic heterocycles. The van der Waals surface area contributed by atoms with Crippen molar-refractivity contribution < 1.29 is 8.78 Å². The zero-order valence-corrected chi connectivity index (χ0v) is 8.10. The van der Waals surface area contributed by atoms with Crippen molar-refractivity contribution in [2.24, 2.45) is 5.92 Å². The zero-order chi connectivity index (χ0) is 9.68. The first kappa shape index (κ1) is 10.9. The van der Waals surface area contributed by atoms with Gasteiger partial charge in [0.15, 0.2) is 0 Å². The lowest BCUT2D eigenvalue weighted by atomic mass is 10.1. The fourth-order valence-electron chi connectivity index (χ4n) is 1.69. The number of rotatable bonds is 5. The summed E-state index contributed by atoms with van der Waals surface area (Å²) in [7, 11) is 1.76. The molecular formula is C9H18F2N2. The number of nitrogens with zero attached hydrogens (tertiary/aromatic N) is 1. The Kier molecular flexibility index (Phi) is 4.59. The van der Waals surface area contributed by atoms with Crippen LogP contribution in [0.25, 0.3) is 0 Å². The predicted molar refractivity (Wildman–Crippen MR) is 49.1 cm³/mol. The molecule has 0 aromatic carbocycles. The van der Waals surface area contributed by atoms with Gasteiger partial charge in [0, 0.05) is 0 Å². The van der Waals surface area contributed by atoms with Gasteiger partial charge in [-0.25, -0.2) is 8.78 Å². The average Bonchev–Trinajstić information content (AvgIpc) is 2.51. The van der Waals surface area contributed by atoms with E-state index >= 15 is 0 Å². The van der Waals surface area contributed by atoms with Crippen molar-refractivity contribution in [1.29, 1.82) is 0 Å². The molecule has 0 aromatic heterocycles. The van der Waals surface area contributed by atoms with Crippen LogP contribution in [0.2, 0.25) is 0 Å². The number of nitrogens with one attached hydrogen (secondary N) is 1. The van der Waals surface area contributed by atoms with E-state index in [2.05, 4.69) is 5.32 Å². The van der Waals surface area contributed by atoms with Gasteiger partial charge in [-0.2, -0.15) is 0 Å². The van der Waals surface area contributed by atoms with Gasteiger partial charge in [0.25, 0.3) is 6.43 Å². The molecule has 78 valence electrons. The van der Waals surface area contributed by atoms with Gasteiger partial charge in [0.2, 0.25) is 0 Å². The monoisotopic (exact) mass is 192 g/mol. The summed E-state index contributed by atoms with van der Waals surface area (Å²) < 4.78 is 23.9. The third-order valence-corrected chi connectivity index (χ3v) is 2.53. The van der Waals surface area contributed by atoms with E-state index in [1.165, 1.54) is 6.42 Å². The minimum Gasteiger partial charge on any atom is -0.316 e. The average molecular weight is 192 g/mol. The van der Waals surface area contributed by atoms with Crippen molar-refractivity contribution in [1.82, 2.24) is 10.2 Å². The lowest BCUT2D eigenvalue weighted by Gasteiger charge is -2.17. The van der Waals surface area contributed by atoms with Gasteiger partial charge in [-0.05, 0) is 45.4 Å². The van der Waals surface area contributed by atoms with E-state index in [1.54, 1.807) is 11.9 Å². The van der Waals surface area contributed by atoms with Crippen LogP contribution >= 0.6 is 0 Å². The summed E-state index contributed by atoms with van der Waals surface area (Å²) in [6, 6.07) is 0. The predicted octanol–water partition coefficient (Wildman–Crippen LogP) is 1.18. The standard InChI is InChI=1S/C9H18F2N2/c1-13(7-9(10)11)5-3-8-2-4-12-6-8/h8-9,12H,2-7H2,1H3. The molecular weight excluding hydrogens is 174 g/mol. The Labute approximate surface area is 78.3 Å². The third kappa shape index (κ3) is 4.52. The van der Waals surface area contributed by atoms with Crippen molar-refractivity contribution >= 4 is 0 Å². The van der Waals surface area contributed by atoms with Crippen LogP contribution in [0, 0.1) is 5.92 Å². The van der Waals surface area contributed by atoms with Crippen LogP contribution in [-0.4, -0.2) is 44.6 Å². The van der Waals surface area contributed by atoms with Crippen molar-refractivity contribution in [3.63, 3.8) is 0 Å². The normalized spacial score (nSPS) is 23.3. The Morgan fingerprint density at radius 1 is 1.54 bits per heavy atom. The van der Waals surface area contributed by atoms with Crippen molar-refractivity contribution in [2.75, 3.05) is 33.2 Å². The van der Waals surface area contributed by atoms with Gasteiger partial charge < -0.3 is 10.2 Å². The molecule has 0 saturated carbocycles. The molecule has 0 bridgehead atoms. The molecule has 1 rings (SSSR count). The Bertz CT molecular complexity index is 136. The minimum atomic E-state index is -2.20. The molecule has 1 atom stereocenters. The lowest BCUT2D eigenvalue weighted by Crippen LogP contribution is -2.27. The van der Waals surface area contributed by atoms with Gasteiger partial charge in [-0.1, -0.05) is 0 Å². The first-order chi connectivity index (χ1) is 6.18. The molecule has 1 saturated heterocycles. The maximum Gasteiger partial charge on any atom is 0.251 e. The summed E-state index contributed by atoms with van der Waals surface area (Å²) in [4.78, 5) is 1.71. The Balaban J connectivity index is 2.03. The largest absolute Gasteiger partial charge is 0.316 e. The fourth-order valence-corrected chi connectivity index (χ4v) is 1.69.